The minimum Gasteiger partial charge on any atom is -0.405 e. The summed E-state index contributed by atoms with van der Waals surface area (Å²) in [6.07, 6.45) is 1.15. The Morgan fingerprint density at radius 3 is 2.70 bits per heavy atom. The van der Waals surface area contributed by atoms with Gasteiger partial charge in [0.1, 0.15) is 11.3 Å². The maximum absolute atomic E-state index is 12.7. The summed E-state index contributed by atoms with van der Waals surface area (Å²) >= 11 is 0. The molecule has 152 valence electrons. The van der Waals surface area contributed by atoms with E-state index in [4.69, 9.17) is 0 Å². The fourth-order valence-corrected chi connectivity index (χ4v) is 2.89. The Hall–Kier alpha value is -3.95. The summed E-state index contributed by atoms with van der Waals surface area (Å²) in [6, 6.07) is 8.89. The Morgan fingerprint density at radius 2 is 1.93 bits per heavy atom. The molecule has 0 bridgehead atoms. The van der Waals surface area contributed by atoms with E-state index in [-0.39, 0.29) is 22.5 Å². The molecule has 0 radical (unpaired) electrons. The number of aryl methyl sites for hydroxylation is 1. The van der Waals surface area contributed by atoms with E-state index in [1.165, 1.54) is 47.4 Å². The van der Waals surface area contributed by atoms with E-state index in [0.717, 1.165) is 5.56 Å². The summed E-state index contributed by atoms with van der Waals surface area (Å²) < 4.78 is 43.7. The molecule has 0 unspecified atom stereocenters. The first kappa shape index (κ1) is 19.4. The van der Waals surface area contributed by atoms with E-state index in [1.807, 2.05) is 6.92 Å². The molecule has 1 N–H and O–H groups in total. The van der Waals surface area contributed by atoms with Crippen molar-refractivity contribution < 1.29 is 22.7 Å². The van der Waals surface area contributed by atoms with E-state index in [2.05, 4.69) is 25.1 Å². The number of nitrogens with zero attached hydrogens (tertiary/aromatic N) is 4. The number of para-hydroxylation sites is 1. The first-order valence-corrected chi connectivity index (χ1v) is 8.73. The Labute approximate surface area is 168 Å². The number of hydrogen-bond donors (Lipinski definition) is 1. The number of amides is 1. The highest BCUT2D eigenvalue weighted by Gasteiger charge is 2.32. The lowest BCUT2D eigenvalue weighted by Gasteiger charge is -2.13. The van der Waals surface area contributed by atoms with Gasteiger partial charge in [-0.15, -0.1) is 13.2 Å². The van der Waals surface area contributed by atoms with Crippen molar-refractivity contribution in [2.45, 2.75) is 13.3 Å². The Bertz CT molecular complexity index is 1240. The molecule has 10 heteroatoms. The van der Waals surface area contributed by atoms with E-state index in [0.29, 0.717) is 5.69 Å². The fraction of sp³-hybridized carbons (Fsp3) is 0.100. The van der Waals surface area contributed by atoms with Gasteiger partial charge in [0.25, 0.3) is 5.91 Å². The van der Waals surface area contributed by atoms with E-state index in [9.17, 15) is 18.0 Å². The van der Waals surface area contributed by atoms with Gasteiger partial charge in [0.15, 0.2) is 5.65 Å². The monoisotopic (exact) mass is 413 g/mol. The van der Waals surface area contributed by atoms with Gasteiger partial charge in [-0.2, -0.15) is 5.10 Å². The molecule has 0 aliphatic rings. The number of carbonyl (C=O) groups excluding carboxylic acids is 1. The zero-order valence-electron chi connectivity index (χ0n) is 15.5. The third kappa shape index (κ3) is 4.07. The van der Waals surface area contributed by atoms with Crippen molar-refractivity contribution in [1.82, 2.24) is 19.6 Å². The molecule has 4 rings (SSSR count). The van der Waals surface area contributed by atoms with Crippen molar-refractivity contribution >= 4 is 17.2 Å². The molecule has 0 aliphatic heterocycles. The average molecular weight is 413 g/mol. The third-order valence-electron chi connectivity index (χ3n) is 4.14. The second kappa shape index (κ2) is 7.47. The van der Waals surface area contributed by atoms with Gasteiger partial charge in [-0.25, -0.2) is 9.50 Å². The van der Waals surface area contributed by atoms with Crippen molar-refractivity contribution in [2.75, 3.05) is 5.32 Å². The highest BCUT2D eigenvalue weighted by Crippen LogP contribution is 2.33. The van der Waals surface area contributed by atoms with Gasteiger partial charge in [-0.1, -0.05) is 12.1 Å². The van der Waals surface area contributed by atoms with Crippen LogP contribution in [0.15, 0.2) is 61.2 Å². The van der Waals surface area contributed by atoms with Crippen LogP contribution in [0.25, 0.3) is 16.9 Å². The number of pyridine rings is 1. The number of hydrogen-bond acceptors (Lipinski definition) is 5. The minimum atomic E-state index is -4.84. The number of anilines is 1. The number of aromatic nitrogens is 4. The average Bonchev–Trinajstić information content (AvgIpc) is 3.10. The van der Waals surface area contributed by atoms with Crippen LogP contribution in [0.1, 0.15) is 15.9 Å². The van der Waals surface area contributed by atoms with Crippen LogP contribution in [0.2, 0.25) is 0 Å². The summed E-state index contributed by atoms with van der Waals surface area (Å²) in [5, 5.41) is 6.79. The molecule has 0 saturated heterocycles. The molecule has 3 aromatic heterocycles. The number of benzene rings is 1. The number of halogens is 3. The number of fused-ring (bicyclic) bond motifs is 1. The standard InChI is InChI=1S/C20H14F3N5O2/c1-12-8-13(10-24-9-12)26-19(29)15-11-25-28-7-6-16(27-18(15)28)14-4-2-3-5-17(14)30-20(21,22)23/h2-11H,1H3,(H,26,29). The second-order valence-corrected chi connectivity index (χ2v) is 6.39. The largest absolute Gasteiger partial charge is 0.573 e. The van der Waals surface area contributed by atoms with Gasteiger partial charge in [0.05, 0.1) is 23.8 Å². The van der Waals surface area contributed by atoms with Gasteiger partial charge < -0.3 is 10.1 Å². The van der Waals surface area contributed by atoms with Crippen molar-refractivity contribution in [1.29, 1.82) is 0 Å². The molecule has 4 aromatic rings. The molecule has 1 aromatic carbocycles. The molecule has 0 aliphatic carbocycles. The lowest BCUT2D eigenvalue weighted by molar-refractivity contribution is -0.274. The fourth-order valence-electron chi connectivity index (χ4n) is 2.89. The Balaban J connectivity index is 1.71. The van der Waals surface area contributed by atoms with Crippen LogP contribution in [0.5, 0.6) is 5.75 Å². The minimum absolute atomic E-state index is 0.132. The van der Waals surface area contributed by atoms with Gasteiger partial charge >= 0.3 is 6.36 Å². The first-order chi connectivity index (χ1) is 14.3. The molecular formula is C20H14F3N5O2. The normalized spacial score (nSPS) is 11.5. The zero-order chi connectivity index (χ0) is 21.3. The van der Waals surface area contributed by atoms with Gasteiger partial charge in [-0.05, 0) is 36.8 Å². The summed E-state index contributed by atoms with van der Waals surface area (Å²) in [5.41, 5.74) is 2.05. The van der Waals surface area contributed by atoms with Crippen LogP contribution in [-0.2, 0) is 0 Å². The lowest BCUT2D eigenvalue weighted by atomic mass is 10.1. The summed E-state index contributed by atoms with van der Waals surface area (Å²) in [5.74, 6) is -0.861. The predicted molar refractivity (Wildman–Crippen MR) is 102 cm³/mol. The van der Waals surface area contributed by atoms with Gasteiger partial charge in [0, 0.05) is 18.0 Å². The molecule has 1 amide bonds. The number of rotatable bonds is 4. The summed E-state index contributed by atoms with van der Waals surface area (Å²) in [6.45, 7) is 1.84. The maximum Gasteiger partial charge on any atom is 0.573 e. The van der Waals surface area contributed by atoms with Crippen LogP contribution in [0.3, 0.4) is 0 Å². The second-order valence-electron chi connectivity index (χ2n) is 6.39. The van der Waals surface area contributed by atoms with Gasteiger partial charge in [-0.3, -0.25) is 9.78 Å². The van der Waals surface area contributed by atoms with E-state index >= 15 is 0 Å². The van der Waals surface area contributed by atoms with Crippen LogP contribution >= 0.6 is 0 Å². The Morgan fingerprint density at radius 1 is 1.13 bits per heavy atom. The zero-order valence-corrected chi connectivity index (χ0v) is 15.5. The number of carbonyl (C=O) groups is 1. The number of nitrogens with one attached hydrogen (secondary N) is 1. The van der Waals surface area contributed by atoms with Crippen molar-refractivity contribution in [2.24, 2.45) is 0 Å². The van der Waals surface area contributed by atoms with Crippen molar-refractivity contribution in [3.05, 3.63) is 72.3 Å². The third-order valence-corrected chi connectivity index (χ3v) is 4.14. The summed E-state index contributed by atoms with van der Waals surface area (Å²) in [4.78, 5) is 21.1. The van der Waals surface area contributed by atoms with Crippen LogP contribution in [-0.4, -0.2) is 31.9 Å². The quantitative estimate of drug-likeness (QED) is 0.541. The maximum atomic E-state index is 12.7. The molecule has 0 spiro atoms. The van der Waals surface area contributed by atoms with E-state index < -0.39 is 18.0 Å². The summed E-state index contributed by atoms with van der Waals surface area (Å²) in [7, 11) is 0. The molecule has 7 nitrogen and oxygen atoms in total. The molecule has 30 heavy (non-hydrogen) atoms. The lowest BCUT2D eigenvalue weighted by Crippen LogP contribution is -2.17. The molecule has 0 saturated carbocycles. The highest BCUT2D eigenvalue weighted by molar-refractivity contribution is 6.08. The molecule has 0 atom stereocenters. The number of alkyl halides is 3. The highest BCUT2D eigenvalue weighted by atomic mass is 19.4. The van der Waals surface area contributed by atoms with Crippen molar-refractivity contribution in [3.63, 3.8) is 0 Å². The SMILES string of the molecule is Cc1cncc(NC(=O)c2cnn3ccc(-c4ccccc4OC(F)(F)F)nc23)c1. The van der Waals surface area contributed by atoms with Gasteiger partial charge in [0.2, 0.25) is 0 Å². The molecule has 0 fully saturated rings. The Kier molecular flexibility index (Phi) is 4.82. The van der Waals surface area contributed by atoms with Crippen LogP contribution < -0.4 is 10.1 Å². The van der Waals surface area contributed by atoms with Crippen molar-refractivity contribution in [3.8, 4) is 17.0 Å². The number of ether oxygens (including phenoxy) is 1. The smallest absolute Gasteiger partial charge is 0.405 e. The van der Waals surface area contributed by atoms with Crippen LogP contribution in [0, 0.1) is 6.92 Å². The topological polar surface area (TPSA) is 81.4 Å². The first-order valence-electron chi connectivity index (χ1n) is 8.73. The molecular weight excluding hydrogens is 399 g/mol. The van der Waals surface area contributed by atoms with E-state index in [1.54, 1.807) is 18.3 Å². The molecule has 3 heterocycles. The van der Waals surface area contributed by atoms with Crippen LogP contribution in [0.4, 0.5) is 18.9 Å². The predicted octanol–water partition coefficient (Wildman–Crippen LogP) is 4.25.